The minimum absolute atomic E-state index is 0.00746. The third-order valence-electron chi connectivity index (χ3n) is 8.36. The fourth-order valence-corrected chi connectivity index (χ4v) is 5.99. The van der Waals surface area contributed by atoms with Crippen LogP contribution in [0, 0.1) is 0 Å². The third-order valence-corrected chi connectivity index (χ3v) is 8.36. The third kappa shape index (κ3) is 7.69. The van der Waals surface area contributed by atoms with Gasteiger partial charge in [0, 0.05) is 37.7 Å². The number of likely N-dealkylation sites (N-methyl/N-ethyl adjacent to an activating group) is 1. The van der Waals surface area contributed by atoms with Gasteiger partial charge in [-0.15, -0.1) is 0 Å². The van der Waals surface area contributed by atoms with Crippen LogP contribution < -0.4 is 10.1 Å². The van der Waals surface area contributed by atoms with Gasteiger partial charge in [-0.2, -0.15) is 0 Å². The van der Waals surface area contributed by atoms with Crippen molar-refractivity contribution in [1.29, 1.82) is 0 Å². The van der Waals surface area contributed by atoms with E-state index in [2.05, 4.69) is 89.6 Å². The van der Waals surface area contributed by atoms with E-state index in [0.717, 1.165) is 57.1 Å². The zero-order chi connectivity index (χ0) is 29.1. The van der Waals surface area contributed by atoms with Gasteiger partial charge in [-0.3, -0.25) is 9.69 Å². The van der Waals surface area contributed by atoms with E-state index in [-0.39, 0.29) is 18.1 Å². The molecular formula is C36H43N3O3. The van der Waals surface area contributed by atoms with Crippen molar-refractivity contribution in [3.63, 3.8) is 0 Å². The van der Waals surface area contributed by atoms with E-state index >= 15 is 0 Å². The number of hydrogen-bond donors (Lipinski definition) is 1. The quantitative estimate of drug-likeness (QED) is 0.194. The number of piperidine rings is 1. The van der Waals surface area contributed by atoms with Gasteiger partial charge >= 0.3 is 0 Å². The summed E-state index contributed by atoms with van der Waals surface area (Å²) < 4.78 is 12.1. The molecule has 1 aromatic heterocycles. The largest absolute Gasteiger partial charge is 0.490 e. The first-order valence-corrected chi connectivity index (χ1v) is 15.3. The summed E-state index contributed by atoms with van der Waals surface area (Å²) in [6.45, 7) is 9.43. The normalized spacial score (nSPS) is 15.1. The summed E-state index contributed by atoms with van der Waals surface area (Å²) in [4.78, 5) is 18.0. The number of furan rings is 1. The van der Waals surface area contributed by atoms with E-state index in [1.807, 2.05) is 36.4 Å². The van der Waals surface area contributed by atoms with E-state index in [1.54, 1.807) is 6.26 Å². The van der Waals surface area contributed by atoms with Gasteiger partial charge < -0.3 is 19.4 Å². The summed E-state index contributed by atoms with van der Waals surface area (Å²) in [5, 5.41) is 3.12. The second kappa shape index (κ2) is 14.9. The highest BCUT2D eigenvalue weighted by molar-refractivity contribution is 5.94. The smallest absolute Gasteiger partial charge is 0.251 e. The average Bonchev–Trinajstić information content (AvgIpc) is 3.58. The molecule has 0 spiro atoms. The van der Waals surface area contributed by atoms with Crippen LogP contribution in [0.1, 0.15) is 65.9 Å². The number of nitrogens with one attached hydrogen (secondary N) is 1. The first-order valence-electron chi connectivity index (χ1n) is 15.3. The molecule has 1 saturated heterocycles. The maximum atomic E-state index is 13.1. The topological polar surface area (TPSA) is 58.0 Å². The Morgan fingerprint density at radius 2 is 1.57 bits per heavy atom. The molecule has 6 heteroatoms. The number of ether oxygens (including phenoxy) is 1. The van der Waals surface area contributed by atoms with Crippen molar-refractivity contribution < 1.29 is 13.9 Å². The maximum Gasteiger partial charge on any atom is 0.251 e. The molecular weight excluding hydrogens is 522 g/mol. The maximum absolute atomic E-state index is 13.1. The highest BCUT2D eigenvalue weighted by Gasteiger charge is 2.25. The zero-order valence-corrected chi connectivity index (χ0v) is 24.8. The van der Waals surface area contributed by atoms with Gasteiger partial charge in [0.1, 0.15) is 17.6 Å². The molecule has 1 aliphatic rings. The number of likely N-dealkylation sites (tertiary alicyclic amines) is 1. The molecule has 220 valence electrons. The number of amides is 1. The summed E-state index contributed by atoms with van der Waals surface area (Å²) in [5.41, 5.74) is 3.31. The van der Waals surface area contributed by atoms with E-state index in [1.165, 1.54) is 11.1 Å². The molecule has 0 aliphatic carbocycles. The van der Waals surface area contributed by atoms with Crippen LogP contribution in [-0.4, -0.2) is 61.1 Å². The molecule has 1 fully saturated rings. The monoisotopic (exact) mass is 565 g/mol. The Hall–Kier alpha value is -3.87. The van der Waals surface area contributed by atoms with Crippen LogP contribution in [0.3, 0.4) is 0 Å². The Morgan fingerprint density at radius 3 is 2.17 bits per heavy atom. The minimum Gasteiger partial charge on any atom is -0.490 e. The Kier molecular flexibility index (Phi) is 10.5. The van der Waals surface area contributed by atoms with Crippen molar-refractivity contribution >= 4 is 5.91 Å². The number of nitrogens with zero attached hydrogens (tertiary/aromatic N) is 2. The minimum atomic E-state index is -0.105. The number of carbonyl (C=O) groups excluding carboxylic acids is 1. The van der Waals surface area contributed by atoms with Crippen LogP contribution >= 0.6 is 0 Å². The highest BCUT2D eigenvalue weighted by atomic mass is 16.5. The Morgan fingerprint density at radius 1 is 0.905 bits per heavy atom. The molecule has 1 aliphatic heterocycles. The van der Waals surface area contributed by atoms with Crippen LogP contribution in [0.5, 0.6) is 5.75 Å². The number of carbonyl (C=O) groups is 1. The molecule has 0 saturated carbocycles. The van der Waals surface area contributed by atoms with E-state index in [9.17, 15) is 4.79 Å². The molecule has 4 aromatic rings. The van der Waals surface area contributed by atoms with Gasteiger partial charge in [0.2, 0.25) is 0 Å². The first-order chi connectivity index (χ1) is 20.6. The molecule has 0 bridgehead atoms. The number of rotatable bonds is 13. The molecule has 5 rings (SSSR count). The van der Waals surface area contributed by atoms with Crippen molar-refractivity contribution in [2.45, 2.75) is 44.8 Å². The van der Waals surface area contributed by atoms with Crippen LogP contribution in [0.2, 0.25) is 0 Å². The first kappa shape index (κ1) is 29.6. The number of benzene rings is 3. The SMILES string of the molecule is CCN(CC)C(CNC(=O)c1cccc(OC2CCN(CC(c3ccccc3)c3ccccc3)CC2)c1)c1ccco1. The summed E-state index contributed by atoms with van der Waals surface area (Å²) in [6.07, 6.45) is 3.74. The van der Waals surface area contributed by atoms with Crippen LogP contribution in [0.4, 0.5) is 0 Å². The highest BCUT2D eigenvalue weighted by Crippen LogP contribution is 2.28. The summed E-state index contributed by atoms with van der Waals surface area (Å²) >= 11 is 0. The molecule has 6 nitrogen and oxygen atoms in total. The van der Waals surface area contributed by atoms with Crippen LogP contribution in [-0.2, 0) is 0 Å². The van der Waals surface area contributed by atoms with E-state index in [0.29, 0.717) is 18.0 Å². The fraction of sp³-hybridized carbons (Fsp3) is 0.361. The van der Waals surface area contributed by atoms with Gasteiger partial charge in [0.25, 0.3) is 5.91 Å². The lowest BCUT2D eigenvalue weighted by Crippen LogP contribution is -2.40. The van der Waals surface area contributed by atoms with Crippen molar-refractivity contribution in [3.05, 3.63) is 126 Å². The lowest BCUT2D eigenvalue weighted by atomic mass is 9.90. The predicted molar refractivity (Wildman–Crippen MR) is 168 cm³/mol. The summed E-state index contributed by atoms with van der Waals surface area (Å²) in [5.74, 6) is 1.85. The van der Waals surface area contributed by atoms with Crippen LogP contribution in [0.25, 0.3) is 0 Å². The summed E-state index contributed by atoms with van der Waals surface area (Å²) in [6, 6.07) is 33.0. The Labute approximate surface area is 250 Å². The fourth-order valence-electron chi connectivity index (χ4n) is 5.99. The summed E-state index contributed by atoms with van der Waals surface area (Å²) in [7, 11) is 0. The Bertz CT molecular complexity index is 1310. The molecule has 2 heterocycles. The van der Waals surface area contributed by atoms with Gasteiger partial charge in [0.15, 0.2) is 0 Å². The van der Waals surface area contributed by atoms with E-state index < -0.39 is 0 Å². The van der Waals surface area contributed by atoms with Crippen molar-refractivity contribution in [3.8, 4) is 5.75 Å². The van der Waals surface area contributed by atoms with Gasteiger partial charge in [-0.25, -0.2) is 0 Å². The average molecular weight is 566 g/mol. The van der Waals surface area contributed by atoms with Crippen molar-refractivity contribution in [2.75, 3.05) is 39.3 Å². The number of hydrogen-bond acceptors (Lipinski definition) is 5. The van der Waals surface area contributed by atoms with Gasteiger partial charge in [0.05, 0.1) is 12.3 Å². The van der Waals surface area contributed by atoms with Crippen molar-refractivity contribution in [2.24, 2.45) is 0 Å². The molecule has 3 aromatic carbocycles. The lowest BCUT2D eigenvalue weighted by molar-refractivity contribution is 0.0921. The zero-order valence-electron chi connectivity index (χ0n) is 24.8. The van der Waals surface area contributed by atoms with Gasteiger partial charge in [-0.05, 0) is 67.4 Å². The standard InChI is InChI=1S/C36H43N3O3/c1-3-39(4-2)34(35-19-12-24-41-35)26-37-36(40)30-17-11-18-32(25-30)42-31-20-22-38(23-21-31)27-33(28-13-7-5-8-14-28)29-15-9-6-10-16-29/h5-19,24-25,31,33-34H,3-4,20-23,26-27H2,1-2H3,(H,37,40). The molecule has 1 amide bonds. The second-order valence-electron chi connectivity index (χ2n) is 11.0. The molecule has 0 radical (unpaired) electrons. The van der Waals surface area contributed by atoms with Crippen LogP contribution in [0.15, 0.2) is 108 Å². The molecule has 42 heavy (non-hydrogen) atoms. The molecule has 1 N–H and O–H groups in total. The van der Waals surface area contributed by atoms with E-state index in [4.69, 9.17) is 9.15 Å². The molecule has 1 atom stereocenters. The second-order valence-corrected chi connectivity index (χ2v) is 11.0. The van der Waals surface area contributed by atoms with Gasteiger partial charge in [-0.1, -0.05) is 80.6 Å². The Balaban J connectivity index is 1.15. The lowest BCUT2D eigenvalue weighted by Gasteiger charge is -2.34. The molecule has 1 unspecified atom stereocenters. The predicted octanol–water partition coefficient (Wildman–Crippen LogP) is 6.77. The van der Waals surface area contributed by atoms with Crippen molar-refractivity contribution in [1.82, 2.24) is 15.1 Å².